The minimum absolute atomic E-state index is 0. The van der Waals surface area contributed by atoms with Crippen LogP contribution in [0.2, 0.25) is 0 Å². The molecule has 0 spiro atoms. The molecule has 0 saturated heterocycles. The third-order valence-corrected chi connectivity index (χ3v) is 1.94. The van der Waals surface area contributed by atoms with Crippen molar-refractivity contribution in [3.63, 3.8) is 0 Å². The number of nitrogens with two attached hydrogens (primary N) is 2. The quantitative estimate of drug-likeness (QED) is 0.317. The van der Waals surface area contributed by atoms with Gasteiger partial charge in [-0.2, -0.15) is 8.42 Å². The number of rotatable bonds is 6. The molecule has 0 atom stereocenters. The van der Waals surface area contributed by atoms with Gasteiger partial charge in [0.05, 0.1) is 5.75 Å². The van der Waals surface area contributed by atoms with Gasteiger partial charge in [-0.05, 0) is 19.9 Å². The predicted octanol–water partition coefficient (Wildman–Crippen LogP) is -1.20. The standard InChI is InChI=1S/C4H10O.C3H7NO4S.C3H5NO.Na.H/c1-3-5-4-2;4-3(5)1-2-9(6,7)8;1-2-3(4)5;;/h3-4H2,1-2H3;1-2H2,(H2,4,5)(H,6,7,8);2H,1H2,(H2,4,5);;. The summed E-state index contributed by atoms with van der Waals surface area (Å²) in [6.45, 7) is 8.75. The van der Waals surface area contributed by atoms with Crippen LogP contribution in [0.4, 0.5) is 0 Å². The van der Waals surface area contributed by atoms with Gasteiger partial charge in [0, 0.05) is 19.6 Å². The van der Waals surface area contributed by atoms with Crippen molar-refractivity contribution in [1.82, 2.24) is 0 Å². The average Bonchev–Trinajstić information content (AvgIpc) is 2.28. The van der Waals surface area contributed by atoms with Gasteiger partial charge in [-0.25, -0.2) is 0 Å². The van der Waals surface area contributed by atoms with Crippen LogP contribution < -0.4 is 11.5 Å². The molecule has 2 amide bonds. The van der Waals surface area contributed by atoms with E-state index in [0.29, 0.717) is 0 Å². The molecule has 0 aliphatic heterocycles. The van der Waals surface area contributed by atoms with Crippen LogP contribution in [-0.4, -0.2) is 73.3 Å². The van der Waals surface area contributed by atoms with Gasteiger partial charge in [-0.15, -0.1) is 0 Å². The predicted molar refractivity (Wildman–Crippen MR) is 78.9 cm³/mol. The summed E-state index contributed by atoms with van der Waals surface area (Å²) in [6, 6.07) is 0. The third kappa shape index (κ3) is 52.7. The first kappa shape index (κ1) is 27.8. The summed E-state index contributed by atoms with van der Waals surface area (Å²) in [5, 5.41) is 0. The molecule has 0 aromatic rings. The van der Waals surface area contributed by atoms with Gasteiger partial charge in [-0.1, -0.05) is 6.58 Å². The van der Waals surface area contributed by atoms with Crippen LogP contribution in [0.15, 0.2) is 12.7 Å². The van der Waals surface area contributed by atoms with Crippen LogP contribution in [0, 0.1) is 0 Å². The molecule has 116 valence electrons. The van der Waals surface area contributed by atoms with E-state index in [1.165, 1.54) is 0 Å². The number of primary amides is 2. The molecule has 0 heterocycles. The molecule has 0 saturated carbocycles. The van der Waals surface area contributed by atoms with E-state index in [9.17, 15) is 18.0 Å². The summed E-state index contributed by atoms with van der Waals surface area (Å²) in [7, 11) is -4.02. The zero-order chi connectivity index (χ0) is 15.9. The molecule has 0 bridgehead atoms. The maximum absolute atomic E-state index is 9.89. The van der Waals surface area contributed by atoms with Gasteiger partial charge in [0.2, 0.25) is 11.8 Å². The minimum atomic E-state index is -4.02. The maximum atomic E-state index is 9.89. The van der Waals surface area contributed by atoms with Crippen LogP contribution >= 0.6 is 0 Å². The van der Waals surface area contributed by atoms with E-state index < -0.39 is 27.7 Å². The third-order valence-electron chi connectivity index (χ3n) is 1.22. The first-order chi connectivity index (χ1) is 8.60. The molecule has 0 aromatic carbocycles. The normalized spacial score (nSPS) is 8.75. The molecule has 5 N–H and O–H groups in total. The molecular formula is C10H23N2NaO6S. The van der Waals surface area contributed by atoms with Gasteiger partial charge in [0.25, 0.3) is 10.1 Å². The SMILES string of the molecule is C=CC(N)=O.CCOCC.NC(=O)CCS(=O)(=O)O.[NaH]. The van der Waals surface area contributed by atoms with Gasteiger partial charge in [0.15, 0.2) is 0 Å². The molecule has 10 heteroatoms. The van der Waals surface area contributed by atoms with Crippen LogP contribution in [0.25, 0.3) is 0 Å². The number of hydrogen-bond acceptors (Lipinski definition) is 5. The fraction of sp³-hybridized carbons (Fsp3) is 0.600. The second-order valence-corrected chi connectivity index (χ2v) is 4.46. The van der Waals surface area contributed by atoms with E-state index in [4.69, 9.17) is 9.29 Å². The fourth-order valence-corrected chi connectivity index (χ4v) is 0.893. The van der Waals surface area contributed by atoms with Gasteiger partial charge >= 0.3 is 29.6 Å². The van der Waals surface area contributed by atoms with Crippen molar-refractivity contribution in [2.24, 2.45) is 11.5 Å². The molecule has 8 nitrogen and oxygen atoms in total. The molecule has 0 aliphatic rings. The Morgan fingerprint density at radius 3 is 1.65 bits per heavy atom. The molecular weight excluding hydrogens is 299 g/mol. The van der Waals surface area contributed by atoms with Crippen molar-refractivity contribution in [1.29, 1.82) is 0 Å². The Bertz CT molecular complexity index is 357. The fourth-order valence-electron chi connectivity index (χ4n) is 0.434. The Labute approximate surface area is 142 Å². The molecule has 20 heavy (non-hydrogen) atoms. The Hall–Kier alpha value is -0.450. The molecule has 0 aliphatic carbocycles. The van der Waals surface area contributed by atoms with E-state index in [2.05, 4.69) is 18.0 Å². The van der Waals surface area contributed by atoms with Crippen molar-refractivity contribution < 1.29 is 27.3 Å². The van der Waals surface area contributed by atoms with Gasteiger partial charge in [-0.3, -0.25) is 14.1 Å². The topological polar surface area (TPSA) is 150 Å². The Kier molecular flexibility index (Phi) is 25.8. The van der Waals surface area contributed by atoms with Crippen LogP contribution in [0.5, 0.6) is 0 Å². The van der Waals surface area contributed by atoms with E-state index in [0.717, 1.165) is 19.3 Å². The zero-order valence-electron chi connectivity index (χ0n) is 11.2. The van der Waals surface area contributed by atoms with Crippen molar-refractivity contribution in [3.8, 4) is 0 Å². The summed E-state index contributed by atoms with van der Waals surface area (Å²) >= 11 is 0. The van der Waals surface area contributed by atoms with E-state index in [1.54, 1.807) is 0 Å². The summed E-state index contributed by atoms with van der Waals surface area (Å²) in [4.78, 5) is 19.4. The zero-order valence-corrected chi connectivity index (χ0v) is 12.0. The molecule has 0 unspecified atom stereocenters. The number of ether oxygens (including phenoxy) is 1. The first-order valence-corrected chi connectivity index (χ1v) is 6.94. The number of carbonyl (C=O) groups is 2. The summed E-state index contributed by atoms with van der Waals surface area (Å²) in [5.41, 5.74) is 9.12. The monoisotopic (exact) mass is 322 g/mol. The number of hydrogen-bond donors (Lipinski definition) is 3. The van der Waals surface area contributed by atoms with Crippen molar-refractivity contribution in [2.45, 2.75) is 20.3 Å². The van der Waals surface area contributed by atoms with Crippen LogP contribution in [-0.2, 0) is 24.4 Å². The Morgan fingerprint density at radius 2 is 1.60 bits per heavy atom. The average molecular weight is 322 g/mol. The molecule has 0 radical (unpaired) electrons. The molecule has 0 aromatic heterocycles. The second kappa shape index (κ2) is 18.6. The second-order valence-electron chi connectivity index (χ2n) is 2.89. The Balaban J connectivity index is -0.000000101. The van der Waals surface area contributed by atoms with Gasteiger partial charge in [0.1, 0.15) is 0 Å². The summed E-state index contributed by atoms with van der Waals surface area (Å²) < 4.78 is 32.6. The van der Waals surface area contributed by atoms with E-state index in [1.807, 2.05) is 13.8 Å². The molecule has 0 rings (SSSR count). The van der Waals surface area contributed by atoms with Crippen molar-refractivity contribution >= 4 is 51.5 Å². The summed E-state index contributed by atoms with van der Waals surface area (Å²) in [5.74, 6) is -1.82. The van der Waals surface area contributed by atoms with E-state index >= 15 is 0 Å². The molecule has 0 fully saturated rings. The number of carbonyl (C=O) groups excluding carboxylic acids is 2. The Morgan fingerprint density at radius 1 is 1.25 bits per heavy atom. The van der Waals surface area contributed by atoms with Crippen LogP contribution in [0.3, 0.4) is 0 Å². The van der Waals surface area contributed by atoms with Gasteiger partial charge < -0.3 is 16.2 Å². The van der Waals surface area contributed by atoms with Crippen molar-refractivity contribution in [3.05, 3.63) is 12.7 Å². The number of amides is 2. The van der Waals surface area contributed by atoms with Crippen LogP contribution in [0.1, 0.15) is 20.3 Å². The first-order valence-electron chi connectivity index (χ1n) is 5.33. The van der Waals surface area contributed by atoms with E-state index in [-0.39, 0.29) is 36.0 Å². The summed E-state index contributed by atoms with van der Waals surface area (Å²) in [6.07, 6.45) is 0.721. The van der Waals surface area contributed by atoms with Crippen molar-refractivity contribution in [2.75, 3.05) is 19.0 Å².